The van der Waals surface area contributed by atoms with E-state index in [1.54, 1.807) is 23.1 Å². The lowest BCUT2D eigenvalue weighted by molar-refractivity contribution is -0.144. The monoisotopic (exact) mass is 326 g/mol. The number of nitrogens with zero attached hydrogens (tertiary/aromatic N) is 1. The van der Waals surface area contributed by atoms with Gasteiger partial charge in [0.25, 0.3) is 0 Å². The fourth-order valence-electron chi connectivity index (χ4n) is 2.18. The second-order valence-electron chi connectivity index (χ2n) is 4.95. The van der Waals surface area contributed by atoms with Crippen LogP contribution >= 0.6 is 23.1 Å². The molecular weight excluding hydrogens is 304 g/mol. The van der Waals surface area contributed by atoms with E-state index in [1.165, 1.54) is 5.56 Å². The molecule has 0 bridgehead atoms. The molecule has 0 saturated heterocycles. The Balaban J connectivity index is 1.66. The Morgan fingerprint density at radius 1 is 1.52 bits per heavy atom. The first-order chi connectivity index (χ1) is 10.2. The van der Waals surface area contributed by atoms with Crippen molar-refractivity contribution in [3.05, 3.63) is 22.4 Å². The number of aryl methyl sites for hydroxylation is 1. The van der Waals surface area contributed by atoms with E-state index in [4.69, 9.17) is 4.74 Å². The molecular formula is C15H22N2O2S2. The largest absolute Gasteiger partial charge is 0.464 e. The average molecular weight is 326 g/mol. The summed E-state index contributed by atoms with van der Waals surface area (Å²) in [7, 11) is 0. The Labute approximate surface area is 134 Å². The molecule has 0 spiro atoms. The van der Waals surface area contributed by atoms with Crippen LogP contribution in [-0.4, -0.2) is 42.0 Å². The van der Waals surface area contributed by atoms with Crippen molar-refractivity contribution in [1.29, 1.82) is 0 Å². The van der Waals surface area contributed by atoms with E-state index < -0.39 is 0 Å². The van der Waals surface area contributed by atoms with E-state index in [9.17, 15) is 4.79 Å². The van der Waals surface area contributed by atoms with Crippen LogP contribution in [0.4, 0.5) is 0 Å². The number of thioether (sulfide) groups is 1. The number of nitrogens with one attached hydrogen (secondary N) is 1. The third-order valence-electron chi connectivity index (χ3n) is 3.25. The van der Waals surface area contributed by atoms with Gasteiger partial charge in [-0.2, -0.15) is 11.3 Å². The van der Waals surface area contributed by atoms with Gasteiger partial charge < -0.3 is 10.1 Å². The number of rotatable bonds is 8. The Morgan fingerprint density at radius 3 is 3.10 bits per heavy atom. The number of carbonyl (C=O) groups is 1. The standard InChI is InChI=1S/C15H22N2O2S2/c1-3-19-15(18)14-11(2)21-13(17-14)9-16-7-4-5-12-6-8-20-10-12/h6,8,10-11,14,16H,3-5,7,9H2,1-2H3. The third-order valence-corrected chi connectivity index (χ3v) is 5.14. The molecule has 1 aromatic rings. The second-order valence-corrected chi connectivity index (χ2v) is 7.19. The molecule has 0 fully saturated rings. The number of hydrogen-bond donors (Lipinski definition) is 1. The predicted molar refractivity (Wildman–Crippen MR) is 90.4 cm³/mol. The van der Waals surface area contributed by atoms with Crippen LogP contribution in [0.25, 0.3) is 0 Å². The number of thiophene rings is 1. The van der Waals surface area contributed by atoms with Gasteiger partial charge in [-0.3, -0.25) is 4.99 Å². The lowest BCUT2D eigenvalue weighted by Crippen LogP contribution is -2.27. The normalized spacial score (nSPS) is 21.3. The number of ether oxygens (including phenoxy) is 1. The molecule has 0 aliphatic carbocycles. The van der Waals surface area contributed by atoms with Crippen LogP contribution in [0.5, 0.6) is 0 Å². The molecule has 1 N–H and O–H groups in total. The van der Waals surface area contributed by atoms with Crippen molar-refractivity contribution in [3.63, 3.8) is 0 Å². The Kier molecular flexibility index (Phi) is 6.73. The first kappa shape index (κ1) is 16.5. The summed E-state index contributed by atoms with van der Waals surface area (Å²) in [5, 5.41) is 8.90. The smallest absolute Gasteiger partial charge is 0.332 e. The van der Waals surface area contributed by atoms with Crippen molar-refractivity contribution >= 4 is 34.1 Å². The van der Waals surface area contributed by atoms with Crippen molar-refractivity contribution in [2.45, 2.75) is 38.0 Å². The Bertz CT molecular complexity index is 474. The topological polar surface area (TPSA) is 50.7 Å². The quantitative estimate of drug-likeness (QED) is 0.589. The van der Waals surface area contributed by atoms with Gasteiger partial charge in [-0.25, -0.2) is 4.79 Å². The zero-order valence-corrected chi connectivity index (χ0v) is 14.1. The van der Waals surface area contributed by atoms with E-state index in [-0.39, 0.29) is 17.3 Å². The van der Waals surface area contributed by atoms with Crippen molar-refractivity contribution < 1.29 is 9.53 Å². The summed E-state index contributed by atoms with van der Waals surface area (Å²) in [6.45, 7) is 5.98. The maximum absolute atomic E-state index is 11.7. The lowest BCUT2D eigenvalue weighted by atomic mass is 10.2. The fourth-order valence-corrected chi connectivity index (χ4v) is 3.97. The van der Waals surface area contributed by atoms with Crippen molar-refractivity contribution in [2.24, 2.45) is 4.99 Å². The van der Waals surface area contributed by atoms with Crippen LogP contribution in [0, 0.1) is 0 Å². The maximum Gasteiger partial charge on any atom is 0.332 e. The number of hydrogen-bond acceptors (Lipinski definition) is 6. The van der Waals surface area contributed by atoms with E-state index in [2.05, 4.69) is 27.1 Å². The number of carbonyl (C=O) groups excluding carboxylic acids is 1. The van der Waals surface area contributed by atoms with Gasteiger partial charge in [-0.15, -0.1) is 11.8 Å². The molecule has 1 aromatic heterocycles. The summed E-state index contributed by atoms with van der Waals surface area (Å²) in [4.78, 5) is 16.2. The SMILES string of the molecule is CCOC(=O)C1N=C(CNCCCc2ccsc2)SC1C. The van der Waals surface area contributed by atoms with E-state index in [0.29, 0.717) is 6.61 Å². The molecule has 4 nitrogen and oxygen atoms in total. The minimum Gasteiger partial charge on any atom is -0.464 e. The molecule has 0 amide bonds. The molecule has 0 aromatic carbocycles. The van der Waals surface area contributed by atoms with Crippen LogP contribution < -0.4 is 5.32 Å². The van der Waals surface area contributed by atoms with E-state index >= 15 is 0 Å². The van der Waals surface area contributed by atoms with Gasteiger partial charge in [0.05, 0.1) is 11.7 Å². The van der Waals surface area contributed by atoms with Gasteiger partial charge in [-0.05, 0) is 48.7 Å². The summed E-state index contributed by atoms with van der Waals surface area (Å²) in [6.07, 6.45) is 2.23. The Morgan fingerprint density at radius 2 is 2.38 bits per heavy atom. The first-order valence-electron chi connectivity index (χ1n) is 7.32. The highest BCUT2D eigenvalue weighted by Gasteiger charge is 2.32. The summed E-state index contributed by atoms with van der Waals surface area (Å²) in [6, 6.07) is 1.84. The summed E-state index contributed by atoms with van der Waals surface area (Å²) in [5.41, 5.74) is 1.41. The molecule has 6 heteroatoms. The fraction of sp³-hybridized carbons (Fsp3) is 0.600. The van der Waals surface area contributed by atoms with Crippen LogP contribution in [0.15, 0.2) is 21.8 Å². The highest BCUT2D eigenvalue weighted by atomic mass is 32.2. The van der Waals surface area contributed by atoms with E-state index in [1.807, 2.05) is 13.8 Å². The molecule has 2 atom stereocenters. The maximum atomic E-state index is 11.7. The number of esters is 1. The zero-order chi connectivity index (χ0) is 15.1. The number of aliphatic imine (C=N–C) groups is 1. The van der Waals surface area contributed by atoms with Gasteiger partial charge in [0.2, 0.25) is 0 Å². The van der Waals surface area contributed by atoms with E-state index in [0.717, 1.165) is 31.0 Å². The van der Waals surface area contributed by atoms with Crippen molar-refractivity contribution in [3.8, 4) is 0 Å². The molecule has 116 valence electrons. The van der Waals surface area contributed by atoms with Crippen LogP contribution in [0.2, 0.25) is 0 Å². The molecule has 2 heterocycles. The minimum atomic E-state index is -0.336. The first-order valence-corrected chi connectivity index (χ1v) is 9.14. The highest BCUT2D eigenvalue weighted by Crippen LogP contribution is 2.27. The molecule has 21 heavy (non-hydrogen) atoms. The molecule has 1 aliphatic rings. The zero-order valence-electron chi connectivity index (χ0n) is 12.5. The Hall–Kier alpha value is -0.850. The van der Waals surface area contributed by atoms with Crippen molar-refractivity contribution in [1.82, 2.24) is 5.32 Å². The highest BCUT2D eigenvalue weighted by molar-refractivity contribution is 8.14. The van der Waals surface area contributed by atoms with Crippen LogP contribution in [0.1, 0.15) is 25.8 Å². The molecule has 2 unspecified atom stereocenters. The second kappa shape index (κ2) is 8.56. The molecule has 2 rings (SSSR count). The van der Waals surface area contributed by atoms with Crippen LogP contribution in [0.3, 0.4) is 0 Å². The van der Waals surface area contributed by atoms with Gasteiger partial charge in [0, 0.05) is 11.8 Å². The van der Waals surface area contributed by atoms with Gasteiger partial charge in [0.15, 0.2) is 6.04 Å². The molecule has 1 aliphatic heterocycles. The van der Waals surface area contributed by atoms with Crippen molar-refractivity contribution in [2.75, 3.05) is 19.7 Å². The lowest BCUT2D eigenvalue weighted by Gasteiger charge is -2.10. The average Bonchev–Trinajstić information content (AvgIpc) is 3.08. The van der Waals surface area contributed by atoms with Gasteiger partial charge in [-0.1, -0.05) is 6.92 Å². The van der Waals surface area contributed by atoms with Gasteiger partial charge >= 0.3 is 5.97 Å². The molecule has 0 radical (unpaired) electrons. The van der Waals surface area contributed by atoms with Crippen LogP contribution in [-0.2, 0) is 16.0 Å². The summed E-state index contributed by atoms with van der Waals surface area (Å²) < 4.78 is 5.05. The summed E-state index contributed by atoms with van der Waals surface area (Å²) >= 11 is 3.42. The predicted octanol–water partition coefficient (Wildman–Crippen LogP) is 2.74. The minimum absolute atomic E-state index is 0.173. The summed E-state index contributed by atoms with van der Waals surface area (Å²) in [5.74, 6) is -0.204. The molecule has 0 saturated carbocycles. The third kappa shape index (κ3) is 5.13. The van der Waals surface area contributed by atoms with Gasteiger partial charge in [0.1, 0.15) is 0 Å².